The minimum absolute atomic E-state index is 0.0159. The molecule has 0 saturated carbocycles. The number of hydrogen-bond donors (Lipinski definition) is 1. The molecule has 2 aliphatic heterocycles. The van der Waals surface area contributed by atoms with Crippen LogP contribution in [0.2, 0.25) is 5.02 Å². The van der Waals surface area contributed by atoms with Crippen molar-refractivity contribution >= 4 is 40.0 Å². The van der Waals surface area contributed by atoms with E-state index in [-0.39, 0.29) is 35.8 Å². The summed E-state index contributed by atoms with van der Waals surface area (Å²) >= 11 is 6.46. The van der Waals surface area contributed by atoms with E-state index in [1.54, 1.807) is 6.07 Å². The van der Waals surface area contributed by atoms with Crippen LogP contribution in [-0.2, 0) is 22.3 Å². The van der Waals surface area contributed by atoms with Gasteiger partial charge in [-0.2, -0.15) is 5.26 Å². The zero-order valence-corrected chi connectivity index (χ0v) is 30.0. The molecule has 1 N–H and O–H groups in total. The summed E-state index contributed by atoms with van der Waals surface area (Å²) in [5.41, 5.74) is 7.52. The standard InChI is InChI=1S/C41H44ClFN4O4/c1-3-33-40-36(17-18-46(40)41(49)47(33)34-16-15-28(24-44)38(42)25(34)2)51-21-20-50-19-6-4-5-8-26-11-13-27(14-12-26)39-30-9-7-10-35(48)31-22-29(43)23-32(45-39)37(30)31/h11-16,22-23,33,36,40,45H,3-10,17-21H2,1-2H3/t33-,36-,40+/m0/s1. The van der Waals surface area contributed by atoms with Crippen LogP contribution in [-0.4, -0.2) is 66.3 Å². The zero-order valence-electron chi connectivity index (χ0n) is 29.3. The maximum Gasteiger partial charge on any atom is 0.325 e. The van der Waals surface area contributed by atoms with Crippen LogP contribution in [0.4, 0.5) is 14.9 Å². The number of rotatable bonds is 13. The Bertz CT molecular complexity index is 1990. The monoisotopic (exact) mass is 710 g/mol. The van der Waals surface area contributed by atoms with Gasteiger partial charge in [0.15, 0.2) is 5.78 Å². The number of nitriles is 1. The maximum absolute atomic E-state index is 14.3. The molecule has 4 aromatic rings. The van der Waals surface area contributed by atoms with Gasteiger partial charge < -0.3 is 19.4 Å². The first-order valence-electron chi connectivity index (χ1n) is 18.3. The molecule has 0 radical (unpaired) electrons. The van der Waals surface area contributed by atoms with Gasteiger partial charge in [0.2, 0.25) is 0 Å². The summed E-state index contributed by atoms with van der Waals surface area (Å²) in [6.45, 7) is 6.29. The summed E-state index contributed by atoms with van der Waals surface area (Å²) in [6.07, 6.45) is 7.62. The molecule has 10 heteroatoms. The number of urea groups is 1. The normalized spacial score (nSPS) is 19.9. The van der Waals surface area contributed by atoms with Crippen LogP contribution in [0.25, 0.3) is 22.2 Å². The van der Waals surface area contributed by atoms with Gasteiger partial charge in [-0.3, -0.25) is 9.69 Å². The molecule has 0 unspecified atom stereocenters. The summed E-state index contributed by atoms with van der Waals surface area (Å²) in [6, 6.07) is 17.0. The molecule has 1 aliphatic carbocycles. The van der Waals surface area contributed by atoms with Gasteiger partial charge in [-0.05, 0) is 98.4 Å². The minimum atomic E-state index is -0.384. The van der Waals surface area contributed by atoms with E-state index in [1.165, 1.54) is 17.7 Å². The second kappa shape index (κ2) is 15.2. The number of amides is 2. The van der Waals surface area contributed by atoms with E-state index in [4.69, 9.17) is 21.1 Å². The highest BCUT2D eigenvalue weighted by atomic mass is 35.5. The van der Waals surface area contributed by atoms with E-state index in [1.807, 2.05) is 22.8 Å². The van der Waals surface area contributed by atoms with Crippen LogP contribution in [0.3, 0.4) is 0 Å². The number of Topliss-reactive ketones (excluding diaryl/α,β-unsaturated/α-hetero) is 1. The lowest BCUT2D eigenvalue weighted by Crippen LogP contribution is -2.42. The van der Waals surface area contributed by atoms with E-state index < -0.39 is 0 Å². The Labute approximate surface area is 303 Å². The quantitative estimate of drug-likeness (QED) is 0.140. The first kappa shape index (κ1) is 35.2. The second-order valence-electron chi connectivity index (χ2n) is 13.9. The number of anilines is 1. The van der Waals surface area contributed by atoms with Crippen LogP contribution in [0.15, 0.2) is 48.5 Å². The van der Waals surface area contributed by atoms with Gasteiger partial charge >= 0.3 is 6.03 Å². The molecule has 1 aromatic heterocycles. The summed E-state index contributed by atoms with van der Waals surface area (Å²) < 4.78 is 26.5. The Balaban J connectivity index is 0.842. The molecule has 3 aromatic carbocycles. The average molecular weight is 711 g/mol. The third-order valence-corrected chi connectivity index (χ3v) is 11.4. The maximum atomic E-state index is 14.3. The van der Waals surface area contributed by atoms with Crippen LogP contribution < -0.4 is 4.90 Å². The van der Waals surface area contributed by atoms with E-state index in [0.29, 0.717) is 54.5 Å². The fourth-order valence-corrected chi connectivity index (χ4v) is 8.56. The predicted molar refractivity (Wildman–Crippen MR) is 197 cm³/mol. The predicted octanol–water partition coefficient (Wildman–Crippen LogP) is 8.93. The molecular weight excluding hydrogens is 667 g/mol. The molecule has 0 spiro atoms. The van der Waals surface area contributed by atoms with Crippen LogP contribution in [0.5, 0.6) is 0 Å². The van der Waals surface area contributed by atoms with Gasteiger partial charge in [0.25, 0.3) is 0 Å². The largest absolute Gasteiger partial charge is 0.379 e. The lowest BCUT2D eigenvalue weighted by Gasteiger charge is -2.29. The molecule has 2 amide bonds. The minimum Gasteiger partial charge on any atom is -0.379 e. The molecule has 51 heavy (non-hydrogen) atoms. The number of fused-ring (bicyclic) bond motifs is 1. The van der Waals surface area contributed by atoms with Gasteiger partial charge in [-0.25, -0.2) is 9.18 Å². The van der Waals surface area contributed by atoms with E-state index in [2.05, 4.69) is 42.2 Å². The molecule has 2 fully saturated rings. The molecule has 266 valence electrons. The van der Waals surface area contributed by atoms with Crippen LogP contribution in [0.1, 0.15) is 84.5 Å². The van der Waals surface area contributed by atoms with Crippen molar-refractivity contribution in [2.45, 2.75) is 89.8 Å². The summed E-state index contributed by atoms with van der Waals surface area (Å²) in [7, 11) is 0. The number of unbranched alkanes of at least 4 members (excludes halogenated alkanes) is 2. The van der Waals surface area contributed by atoms with Gasteiger partial charge in [0.1, 0.15) is 11.9 Å². The van der Waals surface area contributed by atoms with Crippen molar-refractivity contribution in [1.82, 2.24) is 9.88 Å². The topological polar surface area (TPSA) is 98.7 Å². The summed E-state index contributed by atoms with van der Waals surface area (Å²) in [5.74, 6) is -0.368. The summed E-state index contributed by atoms with van der Waals surface area (Å²) in [4.78, 5) is 33.3. The van der Waals surface area contributed by atoms with Crippen molar-refractivity contribution in [3.8, 4) is 17.3 Å². The third-order valence-electron chi connectivity index (χ3n) is 10.9. The van der Waals surface area contributed by atoms with E-state index in [0.717, 1.165) is 84.8 Å². The number of benzene rings is 3. The number of ketones is 1. The number of aryl methyl sites for hydroxylation is 2. The lowest BCUT2D eigenvalue weighted by atomic mass is 9.99. The fourth-order valence-electron chi connectivity index (χ4n) is 8.36. The molecule has 3 aliphatic rings. The van der Waals surface area contributed by atoms with Crippen LogP contribution >= 0.6 is 11.6 Å². The first-order chi connectivity index (χ1) is 24.8. The molecule has 2 saturated heterocycles. The lowest BCUT2D eigenvalue weighted by molar-refractivity contribution is -0.00754. The SMILES string of the molecule is CC[C@H]1[C@@H]2[C@@H](OCCOCCCCCc3ccc(-c4[nH]c5cc(F)cc6c5c4CCCC6=O)cc3)CCN2C(=O)N1c1ccc(C#N)c(Cl)c1C. The van der Waals surface area contributed by atoms with Crippen molar-refractivity contribution < 1.29 is 23.5 Å². The molecular formula is C41H44ClFN4O4. The Morgan fingerprint density at radius 3 is 2.65 bits per heavy atom. The van der Waals surface area contributed by atoms with E-state index in [9.17, 15) is 19.2 Å². The van der Waals surface area contributed by atoms with E-state index >= 15 is 0 Å². The molecule has 0 bridgehead atoms. The number of carbonyl (C=O) groups excluding carboxylic acids is 2. The molecule has 8 nitrogen and oxygen atoms in total. The van der Waals surface area contributed by atoms with Gasteiger partial charge in [-0.1, -0.05) is 49.2 Å². The van der Waals surface area contributed by atoms with Crippen molar-refractivity contribution in [3.05, 3.63) is 87.2 Å². The number of aromatic nitrogens is 1. The number of aromatic amines is 1. The third kappa shape index (κ3) is 6.77. The highest BCUT2D eigenvalue weighted by molar-refractivity contribution is 6.33. The highest BCUT2D eigenvalue weighted by Crippen LogP contribution is 2.41. The molecule has 3 heterocycles. The number of ether oxygens (including phenoxy) is 2. The van der Waals surface area contributed by atoms with Gasteiger partial charge in [0, 0.05) is 41.7 Å². The smallest absolute Gasteiger partial charge is 0.325 e. The first-order valence-corrected chi connectivity index (χ1v) is 18.6. The number of halogens is 2. The number of carbonyl (C=O) groups is 2. The van der Waals surface area contributed by atoms with Crippen LogP contribution in [0, 0.1) is 24.1 Å². The highest BCUT2D eigenvalue weighted by Gasteiger charge is 2.53. The van der Waals surface area contributed by atoms with Crippen molar-refractivity contribution in [3.63, 3.8) is 0 Å². The molecule has 7 rings (SSSR count). The van der Waals surface area contributed by atoms with Crippen molar-refractivity contribution in [2.75, 3.05) is 31.3 Å². The van der Waals surface area contributed by atoms with Crippen molar-refractivity contribution in [2.24, 2.45) is 0 Å². The number of hydrogen-bond acceptors (Lipinski definition) is 5. The van der Waals surface area contributed by atoms with Gasteiger partial charge in [0.05, 0.1) is 47.7 Å². The number of H-pyrrole nitrogens is 1. The Morgan fingerprint density at radius 1 is 1.04 bits per heavy atom. The zero-order chi connectivity index (χ0) is 35.6. The second-order valence-corrected chi connectivity index (χ2v) is 14.3. The van der Waals surface area contributed by atoms with Crippen molar-refractivity contribution in [1.29, 1.82) is 5.26 Å². The Morgan fingerprint density at radius 2 is 1.86 bits per heavy atom. The van der Waals surface area contributed by atoms with Gasteiger partial charge in [-0.15, -0.1) is 0 Å². The fraction of sp³-hybridized carbons (Fsp3) is 0.439. The summed E-state index contributed by atoms with van der Waals surface area (Å²) in [5, 5.41) is 10.6. The number of nitrogens with zero attached hydrogens (tertiary/aromatic N) is 3. The Kier molecular flexibility index (Phi) is 10.5. The Hall–Kier alpha value is -4.23. The average Bonchev–Trinajstić information content (AvgIpc) is 3.76. The number of nitrogens with one attached hydrogen (secondary N) is 1. The molecule has 3 atom stereocenters.